The van der Waals surface area contributed by atoms with Crippen LogP contribution in [0.2, 0.25) is 0 Å². The van der Waals surface area contributed by atoms with Crippen molar-refractivity contribution in [3.8, 4) is 9.88 Å². The Morgan fingerprint density at radius 1 is 1.19 bits per heavy atom. The SMILES string of the molecule is CCOC(=O)C(CNC(=O)c1cnc(-c2cccs2)s1)Cc1ccccc1. The van der Waals surface area contributed by atoms with Crippen LogP contribution in [0.15, 0.2) is 54.0 Å². The van der Waals surface area contributed by atoms with E-state index in [-0.39, 0.29) is 18.4 Å². The number of thiazole rings is 1. The molecular weight excluding hydrogens is 380 g/mol. The summed E-state index contributed by atoms with van der Waals surface area (Å²) in [6, 6.07) is 13.6. The molecule has 5 nitrogen and oxygen atoms in total. The van der Waals surface area contributed by atoms with E-state index in [1.165, 1.54) is 11.3 Å². The van der Waals surface area contributed by atoms with Gasteiger partial charge in [-0.3, -0.25) is 9.59 Å². The number of aromatic nitrogens is 1. The third-order valence-electron chi connectivity index (χ3n) is 3.92. The summed E-state index contributed by atoms with van der Waals surface area (Å²) in [5, 5.41) is 5.65. The molecule has 1 amide bonds. The minimum absolute atomic E-state index is 0.221. The largest absolute Gasteiger partial charge is 0.466 e. The van der Waals surface area contributed by atoms with E-state index in [9.17, 15) is 9.59 Å². The van der Waals surface area contributed by atoms with Crippen LogP contribution in [-0.4, -0.2) is 30.0 Å². The van der Waals surface area contributed by atoms with E-state index in [1.807, 2.05) is 47.8 Å². The van der Waals surface area contributed by atoms with Gasteiger partial charge in [0.1, 0.15) is 9.88 Å². The second kappa shape index (κ2) is 9.43. The molecular formula is C20H20N2O3S2. The van der Waals surface area contributed by atoms with E-state index < -0.39 is 5.92 Å². The number of benzene rings is 1. The van der Waals surface area contributed by atoms with Crippen LogP contribution in [0.4, 0.5) is 0 Å². The Bertz CT molecular complexity index is 876. The Balaban J connectivity index is 1.63. The van der Waals surface area contributed by atoms with Gasteiger partial charge in [0.15, 0.2) is 0 Å². The van der Waals surface area contributed by atoms with Gasteiger partial charge in [0.05, 0.1) is 23.6 Å². The lowest BCUT2D eigenvalue weighted by Gasteiger charge is -2.16. The third-order valence-corrected chi connectivity index (χ3v) is 5.95. The molecule has 0 aliphatic heterocycles. The van der Waals surface area contributed by atoms with Gasteiger partial charge in [-0.05, 0) is 30.4 Å². The fraction of sp³-hybridized carbons (Fsp3) is 0.250. The maximum Gasteiger partial charge on any atom is 0.311 e. The number of nitrogens with one attached hydrogen (secondary N) is 1. The van der Waals surface area contributed by atoms with Gasteiger partial charge in [-0.15, -0.1) is 22.7 Å². The molecule has 1 aromatic carbocycles. The van der Waals surface area contributed by atoms with Gasteiger partial charge in [-0.1, -0.05) is 36.4 Å². The smallest absolute Gasteiger partial charge is 0.311 e. The maximum absolute atomic E-state index is 12.5. The third kappa shape index (κ3) is 5.24. The van der Waals surface area contributed by atoms with Crippen molar-refractivity contribution in [2.75, 3.05) is 13.2 Å². The number of thiophene rings is 1. The van der Waals surface area contributed by atoms with Crippen LogP contribution in [0.5, 0.6) is 0 Å². The van der Waals surface area contributed by atoms with Gasteiger partial charge in [-0.25, -0.2) is 4.98 Å². The summed E-state index contributed by atoms with van der Waals surface area (Å²) in [5.41, 5.74) is 1.03. The molecule has 3 rings (SSSR count). The van der Waals surface area contributed by atoms with Crippen LogP contribution < -0.4 is 5.32 Å². The fourth-order valence-corrected chi connectivity index (χ4v) is 4.23. The molecule has 1 N–H and O–H groups in total. The lowest BCUT2D eigenvalue weighted by atomic mass is 9.99. The van der Waals surface area contributed by atoms with Crippen LogP contribution >= 0.6 is 22.7 Å². The zero-order valence-electron chi connectivity index (χ0n) is 14.9. The molecule has 0 saturated carbocycles. The van der Waals surface area contributed by atoms with Gasteiger partial charge < -0.3 is 10.1 Å². The molecule has 2 aromatic heterocycles. The van der Waals surface area contributed by atoms with Crippen LogP contribution in [-0.2, 0) is 16.0 Å². The molecule has 140 valence electrons. The lowest BCUT2D eigenvalue weighted by molar-refractivity contribution is -0.147. The van der Waals surface area contributed by atoms with E-state index >= 15 is 0 Å². The Labute approximate surface area is 166 Å². The molecule has 0 radical (unpaired) electrons. The second-order valence-corrected chi connectivity index (χ2v) is 7.83. The highest BCUT2D eigenvalue weighted by atomic mass is 32.1. The molecule has 0 fully saturated rings. The number of carbonyl (C=O) groups is 2. The van der Waals surface area contributed by atoms with Gasteiger partial charge >= 0.3 is 5.97 Å². The van der Waals surface area contributed by atoms with Crippen molar-refractivity contribution in [2.24, 2.45) is 5.92 Å². The van der Waals surface area contributed by atoms with Gasteiger partial charge in [0, 0.05) is 6.54 Å². The van der Waals surface area contributed by atoms with Crippen molar-refractivity contribution in [2.45, 2.75) is 13.3 Å². The van der Waals surface area contributed by atoms with Gasteiger partial charge in [0.25, 0.3) is 5.91 Å². The summed E-state index contributed by atoms with van der Waals surface area (Å²) in [6.07, 6.45) is 2.09. The Hall–Kier alpha value is -2.51. The lowest BCUT2D eigenvalue weighted by Crippen LogP contribution is -2.34. The molecule has 2 heterocycles. The van der Waals surface area contributed by atoms with Gasteiger partial charge in [-0.2, -0.15) is 0 Å². The minimum Gasteiger partial charge on any atom is -0.466 e. The topological polar surface area (TPSA) is 68.3 Å². The number of hydrogen-bond donors (Lipinski definition) is 1. The summed E-state index contributed by atoms with van der Waals surface area (Å²) in [7, 11) is 0. The summed E-state index contributed by atoms with van der Waals surface area (Å²) < 4.78 is 5.17. The summed E-state index contributed by atoms with van der Waals surface area (Å²) in [5.74, 6) is -0.955. The van der Waals surface area contributed by atoms with Crippen LogP contribution in [0.25, 0.3) is 9.88 Å². The second-order valence-electron chi connectivity index (χ2n) is 5.86. The zero-order chi connectivity index (χ0) is 19.1. The predicted octanol–water partition coefficient (Wildman–Crippen LogP) is 4.02. The first-order valence-corrected chi connectivity index (χ1v) is 10.4. The van der Waals surface area contributed by atoms with Crippen molar-refractivity contribution in [1.82, 2.24) is 10.3 Å². The highest BCUT2D eigenvalue weighted by Gasteiger charge is 2.22. The summed E-state index contributed by atoms with van der Waals surface area (Å²) >= 11 is 2.93. The number of esters is 1. The number of hydrogen-bond acceptors (Lipinski definition) is 6. The molecule has 27 heavy (non-hydrogen) atoms. The van der Waals surface area contributed by atoms with E-state index in [1.54, 1.807) is 24.5 Å². The van der Waals surface area contributed by atoms with E-state index in [0.717, 1.165) is 15.4 Å². The van der Waals surface area contributed by atoms with Crippen LogP contribution in [0.3, 0.4) is 0 Å². The zero-order valence-corrected chi connectivity index (χ0v) is 16.5. The standard InChI is InChI=1S/C20H20N2O3S2/c1-2-25-20(24)15(11-14-7-4-3-5-8-14)12-21-18(23)17-13-22-19(27-17)16-9-6-10-26-16/h3-10,13,15H,2,11-12H2,1H3,(H,21,23). The highest BCUT2D eigenvalue weighted by Crippen LogP contribution is 2.28. The molecule has 0 saturated heterocycles. The summed E-state index contributed by atoms with van der Waals surface area (Å²) in [6.45, 7) is 2.31. The Morgan fingerprint density at radius 2 is 2.00 bits per heavy atom. The first-order chi connectivity index (χ1) is 13.2. The van der Waals surface area contributed by atoms with Crippen LogP contribution in [0, 0.1) is 5.92 Å². The van der Waals surface area contributed by atoms with E-state index in [4.69, 9.17) is 4.74 Å². The van der Waals surface area contributed by atoms with Crippen molar-refractivity contribution >= 4 is 34.6 Å². The minimum atomic E-state index is -0.430. The molecule has 7 heteroatoms. The Kier molecular flexibility index (Phi) is 6.73. The number of rotatable bonds is 8. The molecule has 0 aliphatic carbocycles. The molecule has 1 atom stereocenters. The first-order valence-electron chi connectivity index (χ1n) is 8.66. The number of amides is 1. The van der Waals surface area contributed by atoms with Crippen molar-refractivity contribution < 1.29 is 14.3 Å². The summed E-state index contributed by atoms with van der Waals surface area (Å²) in [4.78, 5) is 30.6. The molecule has 0 spiro atoms. The van der Waals surface area contributed by atoms with Gasteiger partial charge in [0.2, 0.25) is 0 Å². The van der Waals surface area contributed by atoms with Crippen molar-refractivity contribution in [1.29, 1.82) is 0 Å². The fourth-order valence-electron chi connectivity index (χ4n) is 2.59. The van der Waals surface area contributed by atoms with Crippen molar-refractivity contribution in [3.63, 3.8) is 0 Å². The molecule has 0 aliphatic rings. The average Bonchev–Trinajstić information content (AvgIpc) is 3.37. The monoisotopic (exact) mass is 400 g/mol. The predicted molar refractivity (Wildman–Crippen MR) is 108 cm³/mol. The molecule has 3 aromatic rings. The number of ether oxygens (including phenoxy) is 1. The van der Waals surface area contributed by atoms with E-state index in [0.29, 0.717) is 17.9 Å². The Morgan fingerprint density at radius 3 is 2.70 bits per heavy atom. The molecule has 1 unspecified atom stereocenters. The van der Waals surface area contributed by atoms with Crippen molar-refractivity contribution in [3.05, 3.63) is 64.5 Å². The average molecular weight is 401 g/mol. The first kappa shape index (κ1) is 19.3. The highest BCUT2D eigenvalue weighted by molar-refractivity contribution is 7.21. The quantitative estimate of drug-likeness (QED) is 0.580. The number of carbonyl (C=O) groups excluding carboxylic acids is 2. The van der Waals surface area contributed by atoms with E-state index in [2.05, 4.69) is 10.3 Å². The number of nitrogens with zero attached hydrogens (tertiary/aromatic N) is 1. The van der Waals surface area contributed by atoms with Crippen LogP contribution in [0.1, 0.15) is 22.2 Å². The normalized spacial score (nSPS) is 11.7. The molecule has 0 bridgehead atoms. The maximum atomic E-state index is 12.5.